The van der Waals surface area contributed by atoms with Crippen molar-refractivity contribution >= 4 is 11.6 Å². The number of rotatable bonds is 4. The van der Waals surface area contributed by atoms with Gasteiger partial charge < -0.3 is 5.32 Å². The maximum atomic E-state index is 13.1. The molecule has 1 unspecified atom stereocenters. The summed E-state index contributed by atoms with van der Waals surface area (Å²) in [6.07, 6.45) is 5.82. The minimum atomic E-state index is -0.388. The van der Waals surface area contributed by atoms with Gasteiger partial charge in [-0.2, -0.15) is 0 Å². The number of hydrogen-bond acceptors (Lipinski definition) is 1. The molecule has 0 heterocycles. The highest BCUT2D eigenvalue weighted by Crippen LogP contribution is 2.19. The second-order valence-corrected chi connectivity index (χ2v) is 3.78. The van der Waals surface area contributed by atoms with Crippen LogP contribution in [-0.2, 0) is 6.54 Å². The zero-order valence-electron chi connectivity index (χ0n) is 8.56. The fourth-order valence-corrected chi connectivity index (χ4v) is 1.41. The number of hydrogen-bond donors (Lipinski definition) is 1. The zero-order chi connectivity index (χ0) is 11.3. The first-order valence-electron chi connectivity index (χ1n) is 4.75. The van der Waals surface area contributed by atoms with Crippen LogP contribution in [-0.4, -0.2) is 6.04 Å². The molecule has 1 aromatic carbocycles. The van der Waals surface area contributed by atoms with Gasteiger partial charge in [0.2, 0.25) is 0 Å². The van der Waals surface area contributed by atoms with Gasteiger partial charge >= 0.3 is 0 Å². The highest BCUT2D eigenvalue weighted by molar-refractivity contribution is 6.31. The highest BCUT2D eigenvalue weighted by Gasteiger charge is 2.06. The predicted molar refractivity (Wildman–Crippen MR) is 61.2 cm³/mol. The van der Waals surface area contributed by atoms with E-state index in [-0.39, 0.29) is 16.9 Å². The summed E-state index contributed by atoms with van der Waals surface area (Å²) in [4.78, 5) is 0. The molecule has 0 radical (unpaired) electrons. The SMILES string of the molecule is C#CCC(C)NCc1cccc(F)c1Cl. The molecule has 80 valence electrons. The Bertz CT molecular complexity index is 370. The first-order valence-corrected chi connectivity index (χ1v) is 5.12. The van der Waals surface area contributed by atoms with Gasteiger partial charge in [0.15, 0.2) is 0 Å². The smallest absolute Gasteiger partial charge is 0.142 e. The van der Waals surface area contributed by atoms with Crippen LogP contribution in [0.15, 0.2) is 18.2 Å². The fourth-order valence-electron chi connectivity index (χ4n) is 1.22. The zero-order valence-corrected chi connectivity index (χ0v) is 9.31. The van der Waals surface area contributed by atoms with Gasteiger partial charge in [0.1, 0.15) is 5.82 Å². The van der Waals surface area contributed by atoms with Gasteiger partial charge in [0.05, 0.1) is 5.02 Å². The lowest BCUT2D eigenvalue weighted by atomic mass is 10.2. The summed E-state index contributed by atoms with van der Waals surface area (Å²) >= 11 is 5.80. The molecule has 1 rings (SSSR count). The first kappa shape index (κ1) is 12.0. The van der Waals surface area contributed by atoms with Crippen molar-refractivity contribution in [2.45, 2.75) is 25.9 Å². The summed E-state index contributed by atoms with van der Waals surface area (Å²) in [6, 6.07) is 4.98. The predicted octanol–water partition coefficient (Wildman–Crippen LogP) is 2.98. The Morgan fingerprint density at radius 1 is 1.60 bits per heavy atom. The Labute approximate surface area is 94.6 Å². The van der Waals surface area contributed by atoms with Crippen molar-refractivity contribution < 1.29 is 4.39 Å². The Morgan fingerprint density at radius 3 is 3.00 bits per heavy atom. The van der Waals surface area contributed by atoms with Gasteiger partial charge in [-0.3, -0.25) is 0 Å². The molecule has 0 aliphatic rings. The normalized spacial score (nSPS) is 12.1. The van der Waals surface area contributed by atoms with E-state index in [2.05, 4.69) is 11.2 Å². The summed E-state index contributed by atoms with van der Waals surface area (Å²) in [6.45, 7) is 2.51. The summed E-state index contributed by atoms with van der Waals surface area (Å²) in [5.41, 5.74) is 0.750. The lowest BCUT2D eigenvalue weighted by Crippen LogP contribution is -2.25. The molecule has 1 N–H and O–H groups in total. The summed E-state index contributed by atoms with van der Waals surface area (Å²) in [7, 11) is 0. The van der Waals surface area contributed by atoms with E-state index in [1.807, 2.05) is 6.92 Å². The summed E-state index contributed by atoms with van der Waals surface area (Å²) in [5.74, 6) is 2.17. The van der Waals surface area contributed by atoms with Crippen LogP contribution < -0.4 is 5.32 Å². The quantitative estimate of drug-likeness (QED) is 0.777. The maximum absolute atomic E-state index is 13.1. The van der Waals surface area contributed by atoms with E-state index in [0.29, 0.717) is 13.0 Å². The van der Waals surface area contributed by atoms with Gasteiger partial charge in [0, 0.05) is 19.0 Å². The average Bonchev–Trinajstić information content (AvgIpc) is 2.21. The third-order valence-corrected chi connectivity index (χ3v) is 2.52. The fraction of sp³-hybridized carbons (Fsp3) is 0.333. The number of terminal acetylenes is 1. The molecule has 3 heteroatoms. The van der Waals surface area contributed by atoms with Crippen molar-refractivity contribution in [3.05, 3.63) is 34.6 Å². The van der Waals surface area contributed by atoms with Crippen molar-refractivity contribution in [2.75, 3.05) is 0 Å². The van der Waals surface area contributed by atoms with E-state index in [9.17, 15) is 4.39 Å². The van der Waals surface area contributed by atoms with Crippen molar-refractivity contribution in [3.8, 4) is 12.3 Å². The molecule has 1 nitrogen and oxygen atoms in total. The van der Waals surface area contributed by atoms with Crippen LogP contribution >= 0.6 is 11.6 Å². The highest BCUT2D eigenvalue weighted by atomic mass is 35.5. The molecule has 0 amide bonds. The van der Waals surface area contributed by atoms with Gasteiger partial charge in [0.25, 0.3) is 0 Å². The van der Waals surface area contributed by atoms with E-state index < -0.39 is 0 Å². The molecule has 1 aromatic rings. The number of nitrogens with one attached hydrogen (secondary N) is 1. The molecule has 0 saturated carbocycles. The van der Waals surface area contributed by atoms with E-state index in [1.165, 1.54) is 6.07 Å². The minimum absolute atomic E-state index is 0.179. The number of halogens is 2. The van der Waals surface area contributed by atoms with Crippen LogP contribution in [0.1, 0.15) is 18.9 Å². The van der Waals surface area contributed by atoms with Crippen LogP contribution in [0.4, 0.5) is 4.39 Å². The van der Waals surface area contributed by atoms with E-state index in [0.717, 1.165) is 5.56 Å². The molecular weight excluding hydrogens is 213 g/mol. The Morgan fingerprint density at radius 2 is 2.33 bits per heavy atom. The molecule has 0 aromatic heterocycles. The van der Waals surface area contributed by atoms with Crippen LogP contribution in [0.5, 0.6) is 0 Å². The second kappa shape index (κ2) is 5.75. The van der Waals surface area contributed by atoms with Gasteiger partial charge in [-0.05, 0) is 18.6 Å². The Kier molecular flexibility index (Phi) is 4.61. The number of benzene rings is 1. The first-order chi connectivity index (χ1) is 7.15. The third kappa shape index (κ3) is 3.54. The standard InChI is InChI=1S/C12H13ClFN/c1-3-5-9(2)15-8-10-6-4-7-11(14)12(10)13/h1,4,6-7,9,15H,5,8H2,2H3. The molecule has 0 saturated heterocycles. The molecular formula is C12H13ClFN. The van der Waals surface area contributed by atoms with Crippen molar-refractivity contribution in [3.63, 3.8) is 0 Å². The maximum Gasteiger partial charge on any atom is 0.142 e. The van der Waals surface area contributed by atoms with Crippen molar-refractivity contribution in [2.24, 2.45) is 0 Å². The Balaban J connectivity index is 2.58. The molecule has 15 heavy (non-hydrogen) atoms. The molecule has 1 atom stereocenters. The monoisotopic (exact) mass is 225 g/mol. The van der Waals surface area contributed by atoms with Crippen LogP contribution in [0.25, 0.3) is 0 Å². The van der Waals surface area contributed by atoms with Gasteiger partial charge in [-0.25, -0.2) is 4.39 Å². The molecule has 0 fully saturated rings. The minimum Gasteiger partial charge on any atom is -0.309 e. The third-order valence-electron chi connectivity index (χ3n) is 2.10. The van der Waals surface area contributed by atoms with E-state index >= 15 is 0 Å². The molecule has 0 spiro atoms. The largest absolute Gasteiger partial charge is 0.309 e. The van der Waals surface area contributed by atoms with Gasteiger partial charge in [-0.1, -0.05) is 23.7 Å². The molecule has 0 aliphatic heterocycles. The van der Waals surface area contributed by atoms with Gasteiger partial charge in [-0.15, -0.1) is 12.3 Å². The second-order valence-electron chi connectivity index (χ2n) is 3.40. The van der Waals surface area contributed by atoms with Crippen molar-refractivity contribution in [1.82, 2.24) is 5.32 Å². The van der Waals surface area contributed by atoms with E-state index in [1.54, 1.807) is 12.1 Å². The lowest BCUT2D eigenvalue weighted by molar-refractivity contribution is 0.556. The van der Waals surface area contributed by atoms with Crippen LogP contribution in [0.3, 0.4) is 0 Å². The van der Waals surface area contributed by atoms with E-state index in [4.69, 9.17) is 18.0 Å². The summed E-state index contributed by atoms with van der Waals surface area (Å²) in [5, 5.41) is 3.35. The van der Waals surface area contributed by atoms with Crippen LogP contribution in [0, 0.1) is 18.2 Å². The molecule has 0 aliphatic carbocycles. The van der Waals surface area contributed by atoms with Crippen molar-refractivity contribution in [1.29, 1.82) is 0 Å². The van der Waals surface area contributed by atoms with Crippen LogP contribution in [0.2, 0.25) is 5.02 Å². The Hall–Kier alpha value is -1.04. The summed E-state index contributed by atoms with van der Waals surface area (Å²) < 4.78 is 13.1. The average molecular weight is 226 g/mol. The lowest BCUT2D eigenvalue weighted by Gasteiger charge is -2.11. The topological polar surface area (TPSA) is 12.0 Å². The molecule has 0 bridgehead atoms.